The zero-order valence-electron chi connectivity index (χ0n) is 8.72. The first-order chi connectivity index (χ1) is 6.65. The molecule has 1 nitrogen and oxygen atoms in total. The van der Waals surface area contributed by atoms with Gasteiger partial charge in [0.25, 0.3) is 0 Å². The van der Waals surface area contributed by atoms with Crippen LogP contribution in [-0.4, -0.2) is 18.0 Å². The van der Waals surface area contributed by atoms with Gasteiger partial charge in [-0.15, -0.1) is 11.3 Å². The lowest BCUT2D eigenvalue weighted by atomic mass is 10.1. The minimum atomic E-state index is 0.778. The molecule has 0 bridgehead atoms. The topological polar surface area (TPSA) is 3.24 Å². The van der Waals surface area contributed by atoms with Gasteiger partial charge in [0.2, 0.25) is 0 Å². The molecule has 1 aliphatic rings. The van der Waals surface area contributed by atoms with Crippen molar-refractivity contribution in [2.75, 3.05) is 13.1 Å². The van der Waals surface area contributed by atoms with Crippen molar-refractivity contribution in [2.24, 2.45) is 5.92 Å². The van der Waals surface area contributed by atoms with Gasteiger partial charge in [-0.05, 0) is 39.9 Å². The van der Waals surface area contributed by atoms with Crippen molar-refractivity contribution in [3.8, 4) is 0 Å². The predicted octanol–water partition coefficient (Wildman–Crippen LogP) is 3.52. The Morgan fingerprint density at radius 2 is 2.36 bits per heavy atom. The Morgan fingerprint density at radius 1 is 1.57 bits per heavy atom. The summed E-state index contributed by atoms with van der Waals surface area (Å²) in [6.07, 6.45) is 1.23. The van der Waals surface area contributed by atoms with E-state index in [2.05, 4.69) is 40.7 Å². The van der Waals surface area contributed by atoms with Crippen molar-refractivity contribution in [1.29, 1.82) is 0 Å². The standard InChI is InChI=1S/C11H16BrNS/c1-8(2)6-13-4-3-9-5-11(12)14-10(9)7-13/h5,8H,3-4,6-7H2,1-2H3. The molecule has 0 atom stereocenters. The van der Waals surface area contributed by atoms with Crippen LogP contribution in [0.4, 0.5) is 0 Å². The lowest BCUT2D eigenvalue weighted by Crippen LogP contribution is -2.32. The Hall–Kier alpha value is 0.140. The minimum absolute atomic E-state index is 0.778. The molecule has 0 unspecified atom stereocenters. The van der Waals surface area contributed by atoms with E-state index in [9.17, 15) is 0 Å². The second kappa shape index (κ2) is 4.33. The average Bonchev–Trinajstić information content (AvgIpc) is 2.42. The molecule has 0 N–H and O–H groups in total. The largest absolute Gasteiger partial charge is 0.298 e. The summed E-state index contributed by atoms with van der Waals surface area (Å²) < 4.78 is 1.29. The Balaban J connectivity index is 2.05. The molecule has 3 heteroatoms. The maximum absolute atomic E-state index is 3.56. The summed E-state index contributed by atoms with van der Waals surface area (Å²) in [4.78, 5) is 4.12. The highest BCUT2D eigenvalue weighted by molar-refractivity contribution is 9.11. The molecule has 0 aliphatic carbocycles. The number of fused-ring (bicyclic) bond motifs is 1. The maximum atomic E-state index is 3.56. The first-order valence-electron chi connectivity index (χ1n) is 5.14. The fourth-order valence-corrected chi connectivity index (χ4v) is 3.85. The number of hydrogen-bond donors (Lipinski definition) is 0. The van der Waals surface area contributed by atoms with Gasteiger partial charge in [0.15, 0.2) is 0 Å². The number of thiophene rings is 1. The van der Waals surface area contributed by atoms with E-state index in [1.54, 1.807) is 10.4 Å². The Labute approximate surface area is 98.2 Å². The van der Waals surface area contributed by atoms with E-state index in [1.165, 1.54) is 23.3 Å². The van der Waals surface area contributed by atoms with Gasteiger partial charge in [-0.2, -0.15) is 0 Å². The Morgan fingerprint density at radius 3 is 3.07 bits per heavy atom. The van der Waals surface area contributed by atoms with Gasteiger partial charge in [-0.25, -0.2) is 0 Å². The van der Waals surface area contributed by atoms with E-state index in [1.807, 2.05) is 11.3 Å². The van der Waals surface area contributed by atoms with Crippen LogP contribution >= 0.6 is 27.3 Å². The molecule has 0 amide bonds. The highest BCUT2D eigenvalue weighted by Gasteiger charge is 2.18. The molecule has 0 spiro atoms. The molecule has 2 rings (SSSR count). The predicted molar refractivity (Wildman–Crippen MR) is 65.8 cm³/mol. The van der Waals surface area contributed by atoms with Gasteiger partial charge >= 0.3 is 0 Å². The summed E-state index contributed by atoms with van der Waals surface area (Å²) in [5.74, 6) is 0.778. The zero-order valence-corrected chi connectivity index (χ0v) is 11.1. The highest BCUT2D eigenvalue weighted by Crippen LogP contribution is 2.31. The van der Waals surface area contributed by atoms with Crippen LogP contribution in [0, 0.1) is 5.92 Å². The highest BCUT2D eigenvalue weighted by atomic mass is 79.9. The molecule has 1 aromatic rings. The smallest absolute Gasteiger partial charge is 0.0704 e. The van der Waals surface area contributed by atoms with Crippen molar-refractivity contribution in [3.05, 3.63) is 20.3 Å². The van der Waals surface area contributed by atoms with E-state index >= 15 is 0 Å². The van der Waals surface area contributed by atoms with Crippen molar-refractivity contribution in [3.63, 3.8) is 0 Å². The molecule has 1 aliphatic heterocycles. The van der Waals surface area contributed by atoms with Crippen LogP contribution < -0.4 is 0 Å². The molecule has 78 valence electrons. The van der Waals surface area contributed by atoms with Gasteiger partial charge in [0.1, 0.15) is 0 Å². The van der Waals surface area contributed by atoms with Gasteiger partial charge in [-0.3, -0.25) is 4.90 Å². The number of halogens is 1. The van der Waals surface area contributed by atoms with Crippen LogP contribution in [-0.2, 0) is 13.0 Å². The quantitative estimate of drug-likeness (QED) is 0.797. The van der Waals surface area contributed by atoms with Crippen LogP contribution in [0.2, 0.25) is 0 Å². The van der Waals surface area contributed by atoms with E-state index in [0.717, 1.165) is 12.5 Å². The van der Waals surface area contributed by atoms with E-state index < -0.39 is 0 Å². The summed E-state index contributed by atoms with van der Waals surface area (Å²) in [6.45, 7) is 8.20. The molecule has 0 radical (unpaired) electrons. The first kappa shape index (κ1) is 10.7. The summed E-state index contributed by atoms with van der Waals surface area (Å²) in [7, 11) is 0. The molecule has 0 fully saturated rings. The third kappa shape index (κ3) is 2.38. The first-order valence-corrected chi connectivity index (χ1v) is 6.75. The minimum Gasteiger partial charge on any atom is -0.298 e. The Kier molecular flexibility index (Phi) is 3.30. The van der Waals surface area contributed by atoms with Crippen LogP contribution in [0.5, 0.6) is 0 Å². The summed E-state index contributed by atoms with van der Waals surface area (Å²) in [6, 6.07) is 2.28. The van der Waals surface area contributed by atoms with Crippen LogP contribution in [0.15, 0.2) is 9.85 Å². The average molecular weight is 274 g/mol. The third-order valence-corrected chi connectivity index (χ3v) is 4.22. The molecular weight excluding hydrogens is 258 g/mol. The van der Waals surface area contributed by atoms with E-state index in [-0.39, 0.29) is 0 Å². The van der Waals surface area contributed by atoms with E-state index in [0.29, 0.717) is 0 Å². The second-order valence-corrected chi connectivity index (χ2v) is 6.89. The van der Waals surface area contributed by atoms with Crippen molar-refractivity contribution < 1.29 is 0 Å². The van der Waals surface area contributed by atoms with Gasteiger partial charge in [0.05, 0.1) is 3.79 Å². The summed E-state index contributed by atoms with van der Waals surface area (Å²) in [5, 5.41) is 0. The second-order valence-electron chi connectivity index (χ2n) is 4.38. The molecule has 14 heavy (non-hydrogen) atoms. The van der Waals surface area contributed by atoms with Crippen LogP contribution in [0.1, 0.15) is 24.3 Å². The SMILES string of the molecule is CC(C)CN1CCc2cc(Br)sc2C1. The number of hydrogen-bond acceptors (Lipinski definition) is 2. The molecule has 0 saturated heterocycles. The van der Waals surface area contributed by atoms with Crippen molar-refractivity contribution in [1.82, 2.24) is 4.90 Å². The Bertz CT molecular complexity index is 319. The molecular formula is C11H16BrNS. The normalized spacial score (nSPS) is 17.4. The number of nitrogens with zero attached hydrogens (tertiary/aromatic N) is 1. The van der Waals surface area contributed by atoms with Gasteiger partial charge in [0, 0.05) is 24.5 Å². The number of rotatable bonds is 2. The molecule has 2 heterocycles. The fraction of sp³-hybridized carbons (Fsp3) is 0.636. The summed E-state index contributed by atoms with van der Waals surface area (Å²) >= 11 is 5.46. The lowest BCUT2D eigenvalue weighted by molar-refractivity contribution is 0.229. The lowest BCUT2D eigenvalue weighted by Gasteiger charge is -2.27. The zero-order chi connectivity index (χ0) is 10.1. The van der Waals surface area contributed by atoms with Crippen molar-refractivity contribution in [2.45, 2.75) is 26.8 Å². The summed E-state index contributed by atoms with van der Waals surface area (Å²) in [5.41, 5.74) is 1.56. The van der Waals surface area contributed by atoms with Crippen LogP contribution in [0.3, 0.4) is 0 Å². The van der Waals surface area contributed by atoms with Gasteiger partial charge < -0.3 is 0 Å². The molecule has 1 aromatic heterocycles. The van der Waals surface area contributed by atoms with E-state index in [4.69, 9.17) is 0 Å². The fourth-order valence-electron chi connectivity index (χ4n) is 2.01. The molecule has 0 aromatic carbocycles. The van der Waals surface area contributed by atoms with Gasteiger partial charge in [-0.1, -0.05) is 13.8 Å². The molecule has 0 saturated carbocycles. The van der Waals surface area contributed by atoms with Crippen molar-refractivity contribution >= 4 is 27.3 Å². The van der Waals surface area contributed by atoms with Crippen LogP contribution in [0.25, 0.3) is 0 Å². The monoisotopic (exact) mass is 273 g/mol. The third-order valence-electron chi connectivity index (χ3n) is 2.55. The maximum Gasteiger partial charge on any atom is 0.0704 e.